The van der Waals surface area contributed by atoms with Crippen LogP contribution in [0.5, 0.6) is 0 Å². The molecule has 0 fully saturated rings. The maximum atomic E-state index is 13.9. The van der Waals surface area contributed by atoms with Gasteiger partial charge in [-0.1, -0.05) is 11.6 Å². The summed E-state index contributed by atoms with van der Waals surface area (Å²) < 4.78 is 55.3. The second-order valence-corrected chi connectivity index (χ2v) is 5.90. The van der Waals surface area contributed by atoms with Gasteiger partial charge in [-0.15, -0.1) is 13.2 Å². The first-order chi connectivity index (χ1) is 12.2. The number of rotatable bonds is 3. The molecule has 0 saturated carbocycles. The number of fused-ring (bicyclic) bond motifs is 1. The lowest BCUT2D eigenvalue weighted by atomic mass is 10.1. The molecule has 3 aromatic rings. The molecule has 2 aromatic carbocycles. The number of halogens is 5. The van der Waals surface area contributed by atoms with Crippen molar-refractivity contribution in [2.45, 2.75) is 13.2 Å². The van der Waals surface area contributed by atoms with Gasteiger partial charge in [-0.05, 0) is 48.9 Å². The fourth-order valence-corrected chi connectivity index (χ4v) is 2.72. The Labute approximate surface area is 150 Å². The van der Waals surface area contributed by atoms with Crippen LogP contribution in [-0.2, 0) is 0 Å². The molecule has 0 aliphatic rings. The van der Waals surface area contributed by atoms with Crippen LogP contribution in [0.25, 0.3) is 10.9 Å². The summed E-state index contributed by atoms with van der Waals surface area (Å²) in [7, 11) is 0. The van der Waals surface area contributed by atoms with Crippen molar-refractivity contribution in [3.05, 3.63) is 52.8 Å². The molecule has 10 heteroatoms. The second kappa shape index (κ2) is 6.58. The third kappa shape index (κ3) is 3.49. The predicted molar refractivity (Wildman–Crippen MR) is 91.7 cm³/mol. The number of nitrogens with zero attached hydrogens (tertiary/aromatic N) is 3. The van der Waals surface area contributed by atoms with Gasteiger partial charge in [0.05, 0.1) is 11.2 Å². The smallest absolute Gasteiger partial charge is 0.292 e. The topological polar surface area (TPSA) is 67.1 Å². The maximum absolute atomic E-state index is 13.9. The molecule has 0 bridgehead atoms. The quantitative estimate of drug-likeness (QED) is 0.297. The average Bonchev–Trinajstić information content (AvgIpc) is 2.52. The molecule has 0 aliphatic carbocycles. The van der Waals surface area contributed by atoms with Gasteiger partial charge in [0.25, 0.3) is 0 Å². The minimum atomic E-state index is -4.88. The van der Waals surface area contributed by atoms with E-state index in [9.17, 15) is 17.6 Å². The summed E-state index contributed by atoms with van der Waals surface area (Å²) >= 11 is 5.90. The Hall–Kier alpha value is -2.65. The van der Waals surface area contributed by atoms with Crippen molar-refractivity contribution in [2.75, 3.05) is 10.3 Å². The Bertz CT molecular complexity index is 956. The molecule has 136 valence electrons. The molecule has 0 unspecified atom stereocenters. The summed E-state index contributed by atoms with van der Waals surface area (Å²) in [5.41, 5.74) is 2.18. The minimum Gasteiger partial charge on any atom is -0.292 e. The van der Waals surface area contributed by atoms with E-state index in [1.54, 1.807) is 0 Å². The first-order valence-electron chi connectivity index (χ1n) is 7.27. The number of hydrogen-bond donors (Lipinski definition) is 2. The zero-order chi connectivity index (χ0) is 19.1. The van der Waals surface area contributed by atoms with Crippen LogP contribution >= 0.6 is 11.6 Å². The number of aryl methyl sites for hydroxylation is 1. The Morgan fingerprint density at radius 1 is 1.12 bits per heavy atom. The van der Waals surface area contributed by atoms with E-state index in [2.05, 4.69) is 15.4 Å². The van der Waals surface area contributed by atoms with Crippen molar-refractivity contribution in [3.63, 3.8) is 0 Å². The lowest BCUT2D eigenvalue weighted by molar-refractivity contribution is -0.121. The Kier molecular flexibility index (Phi) is 4.59. The van der Waals surface area contributed by atoms with Crippen molar-refractivity contribution in [1.29, 1.82) is 0 Å². The summed E-state index contributed by atoms with van der Waals surface area (Å²) in [6.45, 7) is 1.49. The molecule has 5 nitrogen and oxygen atoms in total. The van der Waals surface area contributed by atoms with Gasteiger partial charge in [0.2, 0.25) is 5.95 Å². The van der Waals surface area contributed by atoms with Gasteiger partial charge in [0.15, 0.2) is 5.82 Å². The normalized spacial score (nSPS) is 11.7. The zero-order valence-corrected chi connectivity index (χ0v) is 14.0. The van der Waals surface area contributed by atoms with Crippen LogP contribution in [0.3, 0.4) is 0 Å². The molecule has 0 aliphatic heterocycles. The van der Waals surface area contributed by atoms with E-state index in [4.69, 9.17) is 17.4 Å². The highest BCUT2D eigenvalue weighted by atomic mass is 35.5. The van der Waals surface area contributed by atoms with Crippen LogP contribution < -0.4 is 16.2 Å². The summed E-state index contributed by atoms with van der Waals surface area (Å²) in [6, 6.07) is 7.27. The van der Waals surface area contributed by atoms with E-state index < -0.39 is 23.6 Å². The molecule has 0 spiro atoms. The standard InChI is InChI=1S/C16H12ClF4N5/c1-8-4-10(18)7-11(5-8)26(16(19,20)21)14-12-3-2-9(17)6-13(12)23-15(24-14)25-22/h2-7H,22H2,1H3,(H,23,24,25). The van der Waals surface area contributed by atoms with Gasteiger partial charge in [-0.25, -0.2) is 20.1 Å². The fraction of sp³-hybridized carbons (Fsp3) is 0.125. The van der Waals surface area contributed by atoms with Crippen molar-refractivity contribution in [3.8, 4) is 0 Å². The fourth-order valence-electron chi connectivity index (χ4n) is 2.56. The Morgan fingerprint density at radius 3 is 2.46 bits per heavy atom. The first kappa shape index (κ1) is 18.2. The molecule has 26 heavy (non-hydrogen) atoms. The number of anilines is 3. The van der Waals surface area contributed by atoms with Gasteiger partial charge in [-0.3, -0.25) is 5.43 Å². The van der Waals surface area contributed by atoms with Gasteiger partial charge in [0, 0.05) is 10.4 Å². The van der Waals surface area contributed by atoms with E-state index in [-0.39, 0.29) is 26.8 Å². The van der Waals surface area contributed by atoms with Crippen LogP contribution in [0.2, 0.25) is 5.02 Å². The van der Waals surface area contributed by atoms with Gasteiger partial charge < -0.3 is 0 Å². The Morgan fingerprint density at radius 2 is 1.85 bits per heavy atom. The molecule has 0 amide bonds. The second-order valence-electron chi connectivity index (χ2n) is 5.47. The van der Waals surface area contributed by atoms with Crippen molar-refractivity contribution in [1.82, 2.24) is 9.97 Å². The molecule has 1 aromatic heterocycles. The maximum Gasteiger partial charge on any atom is 0.490 e. The number of benzene rings is 2. The SMILES string of the molecule is Cc1cc(F)cc(N(c2nc(NN)nc3cc(Cl)ccc23)C(F)(F)F)c1. The monoisotopic (exact) mass is 385 g/mol. The van der Waals surface area contributed by atoms with Crippen molar-refractivity contribution < 1.29 is 17.6 Å². The van der Waals surface area contributed by atoms with E-state index in [1.807, 2.05) is 0 Å². The van der Waals surface area contributed by atoms with Crippen LogP contribution in [-0.4, -0.2) is 16.3 Å². The number of nitrogens with one attached hydrogen (secondary N) is 1. The number of aromatic nitrogens is 2. The molecule has 0 radical (unpaired) electrons. The van der Waals surface area contributed by atoms with Crippen LogP contribution in [0, 0.1) is 12.7 Å². The molecular weight excluding hydrogens is 374 g/mol. The molecule has 0 saturated heterocycles. The van der Waals surface area contributed by atoms with Crippen LogP contribution in [0.15, 0.2) is 36.4 Å². The number of hydrazine groups is 1. The van der Waals surface area contributed by atoms with E-state index in [0.29, 0.717) is 5.56 Å². The van der Waals surface area contributed by atoms with E-state index >= 15 is 0 Å². The Balaban J connectivity index is 2.34. The third-order valence-electron chi connectivity index (χ3n) is 3.52. The van der Waals surface area contributed by atoms with Gasteiger partial charge in [-0.2, -0.15) is 4.98 Å². The predicted octanol–water partition coefficient (Wildman–Crippen LogP) is 4.67. The number of alkyl halides is 3. The minimum absolute atomic E-state index is 0.0260. The largest absolute Gasteiger partial charge is 0.490 e. The number of nitrogen functional groups attached to an aromatic ring is 1. The highest BCUT2D eigenvalue weighted by Gasteiger charge is 2.41. The number of nitrogens with two attached hydrogens (primary N) is 1. The van der Waals surface area contributed by atoms with E-state index in [0.717, 1.165) is 12.1 Å². The van der Waals surface area contributed by atoms with Crippen LogP contribution in [0.1, 0.15) is 5.56 Å². The lowest BCUT2D eigenvalue weighted by Crippen LogP contribution is -2.35. The summed E-state index contributed by atoms with van der Waals surface area (Å²) in [5, 5.41) is 0.359. The highest BCUT2D eigenvalue weighted by molar-refractivity contribution is 6.31. The lowest BCUT2D eigenvalue weighted by Gasteiger charge is -2.27. The van der Waals surface area contributed by atoms with Crippen molar-refractivity contribution in [2.24, 2.45) is 5.84 Å². The van der Waals surface area contributed by atoms with Gasteiger partial charge in [0.1, 0.15) is 5.82 Å². The summed E-state index contributed by atoms with van der Waals surface area (Å²) in [4.78, 5) is 7.83. The summed E-state index contributed by atoms with van der Waals surface area (Å²) in [5.74, 6) is 3.74. The molecular formula is C16H12ClF4N5. The van der Waals surface area contributed by atoms with Crippen LogP contribution in [0.4, 0.5) is 35.0 Å². The third-order valence-corrected chi connectivity index (χ3v) is 3.75. The highest BCUT2D eigenvalue weighted by Crippen LogP contribution is 2.40. The first-order valence-corrected chi connectivity index (χ1v) is 7.65. The zero-order valence-electron chi connectivity index (χ0n) is 13.3. The molecule has 3 rings (SSSR count). The molecule has 0 atom stereocenters. The van der Waals surface area contributed by atoms with Gasteiger partial charge >= 0.3 is 6.30 Å². The summed E-state index contributed by atoms with van der Waals surface area (Å²) in [6.07, 6.45) is -4.88. The number of hydrogen-bond acceptors (Lipinski definition) is 5. The molecule has 1 heterocycles. The molecule has 3 N–H and O–H groups in total. The average molecular weight is 386 g/mol. The van der Waals surface area contributed by atoms with Crippen molar-refractivity contribution >= 4 is 40.0 Å². The van der Waals surface area contributed by atoms with E-state index in [1.165, 1.54) is 31.2 Å².